The van der Waals surface area contributed by atoms with Gasteiger partial charge in [0, 0.05) is 32.4 Å². The molecular formula is C18H27F3N4O4. The Labute approximate surface area is 167 Å². The van der Waals surface area contributed by atoms with Crippen molar-refractivity contribution >= 4 is 11.8 Å². The summed E-state index contributed by atoms with van der Waals surface area (Å²) in [6.45, 7) is 3.91. The predicted octanol–water partition coefficient (Wildman–Crippen LogP) is 2.48. The first kappa shape index (κ1) is 23.3. The summed E-state index contributed by atoms with van der Waals surface area (Å²) in [7, 11) is 1.70. The molecule has 1 aromatic heterocycles. The van der Waals surface area contributed by atoms with Gasteiger partial charge >= 0.3 is 12.1 Å². The van der Waals surface area contributed by atoms with Crippen LogP contribution in [0.15, 0.2) is 12.3 Å². The highest BCUT2D eigenvalue weighted by Crippen LogP contribution is 2.31. The number of aliphatic carboxylic acids is 1. The lowest BCUT2D eigenvalue weighted by atomic mass is 10.1. The number of anilines is 1. The molecule has 0 radical (unpaired) electrons. The molecule has 11 heteroatoms. The van der Waals surface area contributed by atoms with Crippen LogP contribution in [0.5, 0.6) is 0 Å². The zero-order chi connectivity index (χ0) is 21.3. The van der Waals surface area contributed by atoms with E-state index in [2.05, 4.69) is 15.2 Å². The molecule has 2 fully saturated rings. The van der Waals surface area contributed by atoms with Gasteiger partial charge in [-0.1, -0.05) is 12.8 Å². The summed E-state index contributed by atoms with van der Waals surface area (Å²) in [6, 6.07) is 2.76. The normalized spacial score (nSPS) is 20.8. The van der Waals surface area contributed by atoms with Crippen LogP contribution in [0.1, 0.15) is 37.5 Å². The molecule has 2 N–H and O–H groups in total. The first-order valence-corrected chi connectivity index (χ1v) is 9.52. The molecule has 1 saturated heterocycles. The number of nitrogens with one attached hydrogen (secondary N) is 1. The standard InChI is InChI=1S/C16H26N4O2.C2HF3O2/c1-21-10-8-17-15-6-7-18-16(19-15)14-12-22-11-9-20(14)13-4-2-3-5-13;3-2(4,5)1(6)7/h6-7,13-14H,2-5,8-12H2,1H3,(H,17,18,19);(H,6,7). The molecule has 0 spiro atoms. The zero-order valence-corrected chi connectivity index (χ0v) is 16.3. The highest BCUT2D eigenvalue weighted by molar-refractivity contribution is 5.73. The van der Waals surface area contributed by atoms with Crippen molar-refractivity contribution in [2.45, 2.75) is 43.9 Å². The van der Waals surface area contributed by atoms with E-state index >= 15 is 0 Å². The molecule has 1 aliphatic heterocycles. The minimum atomic E-state index is -5.08. The van der Waals surface area contributed by atoms with Crippen LogP contribution in [0.3, 0.4) is 0 Å². The highest BCUT2D eigenvalue weighted by atomic mass is 19.4. The van der Waals surface area contributed by atoms with Gasteiger partial charge in [-0.25, -0.2) is 14.8 Å². The number of carboxylic acids is 1. The molecule has 2 aliphatic rings. The van der Waals surface area contributed by atoms with Gasteiger partial charge in [-0.05, 0) is 18.9 Å². The highest BCUT2D eigenvalue weighted by Gasteiger charge is 2.38. The maximum Gasteiger partial charge on any atom is 0.490 e. The van der Waals surface area contributed by atoms with Crippen LogP contribution in [0.4, 0.5) is 19.0 Å². The minimum Gasteiger partial charge on any atom is -0.475 e. The van der Waals surface area contributed by atoms with Gasteiger partial charge in [0.15, 0.2) is 0 Å². The molecule has 2 heterocycles. The van der Waals surface area contributed by atoms with E-state index in [1.807, 2.05) is 12.3 Å². The molecule has 1 aliphatic carbocycles. The van der Waals surface area contributed by atoms with Gasteiger partial charge in [0.25, 0.3) is 0 Å². The third kappa shape index (κ3) is 7.41. The Hall–Kier alpha value is -1.98. The summed E-state index contributed by atoms with van der Waals surface area (Å²) >= 11 is 0. The number of hydrogen-bond acceptors (Lipinski definition) is 7. The SMILES string of the molecule is COCCNc1ccnc(C2COCCN2C2CCCC2)n1.O=C(O)C(F)(F)F. The third-order valence-corrected chi connectivity index (χ3v) is 4.79. The van der Waals surface area contributed by atoms with E-state index in [9.17, 15) is 13.2 Å². The summed E-state index contributed by atoms with van der Waals surface area (Å²) in [6.07, 6.45) is 2.02. The lowest BCUT2D eigenvalue weighted by Gasteiger charge is -2.38. The summed E-state index contributed by atoms with van der Waals surface area (Å²) in [5.74, 6) is -1.03. The van der Waals surface area contributed by atoms with Gasteiger partial charge in [0.1, 0.15) is 11.6 Å². The van der Waals surface area contributed by atoms with Crippen LogP contribution in [0.2, 0.25) is 0 Å². The fraction of sp³-hybridized carbons (Fsp3) is 0.722. The Kier molecular flexibility index (Phi) is 9.05. The summed E-state index contributed by atoms with van der Waals surface area (Å²) in [5, 5.41) is 10.4. The lowest BCUT2D eigenvalue weighted by Crippen LogP contribution is -2.45. The molecule has 3 rings (SSSR count). The number of rotatable bonds is 6. The predicted molar refractivity (Wildman–Crippen MR) is 98.6 cm³/mol. The van der Waals surface area contributed by atoms with Gasteiger partial charge in [-0.15, -0.1) is 0 Å². The first-order valence-electron chi connectivity index (χ1n) is 9.52. The van der Waals surface area contributed by atoms with E-state index < -0.39 is 12.1 Å². The average Bonchev–Trinajstić information content (AvgIpc) is 3.23. The number of morpholine rings is 1. The molecule has 164 valence electrons. The fourth-order valence-electron chi connectivity index (χ4n) is 3.43. The Bertz CT molecular complexity index is 642. The molecular weight excluding hydrogens is 393 g/mol. The molecule has 1 aromatic rings. The lowest BCUT2D eigenvalue weighted by molar-refractivity contribution is -0.192. The zero-order valence-electron chi connectivity index (χ0n) is 16.3. The number of alkyl halides is 3. The Morgan fingerprint density at radius 3 is 2.72 bits per heavy atom. The van der Waals surface area contributed by atoms with Crippen molar-refractivity contribution in [1.82, 2.24) is 14.9 Å². The summed E-state index contributed by atoms with van der Waals surface area (Å²) in [4.78, 5) is 20.7. The van der Waals surface area contributed by atoms with E-state index in [4.69, 9.17) is 24.4 Å². The van der Waals surface area contributed by atoms with Gasteiger partial charge in [-0.2, -0.15) is 13.2 Å². The molecule has 0 bridgehead atoms. The van der Waals surface area contributed by atoms with Crippen molar-refractivity contribution in [2.75, 3.05) is 45.3 Å². The first-order chi connectivity index (χ1) is 13.8. The largest absolute Gasteiger partial charge is 0.490 e. The molecule has 0 amide bonds. The second-order valence-electron chi connectivity index (χ2n) is 6.79. The van der Waals surface area contributed by atoms with Crippen LogP contribution in [0.25, 0.3) is 0 Å². The van der Waals surface area contributed by atoms with Crippen molar-refractivity contribution in [1.29, 1.82) is 0 Å². The monoisotopic (exact) mass is 420 g/mol. The molecule has 1 saturated carbocycles. The Balaban J connectivity index is 0.000000370. The molecule has 8 nitrogen and oxygen atoms in total. The Morgan fingerprint density at radius 2 is 2.10 bits per heavy atom. The van der Waals surface area contributed by atoms with E-state index in [-0.39, 0.29) is 6.04 Å². The molecule has 1 unspecified atom stereocenters. The third-order valence-electron chi connectivity index (χ3n) is 4.79. The average molecular weight is 420 g/mol. The van der Waals surface area contributed by atoms with Crippen molar-refractivity contribution in [2.24, 2.45) is 0 Å². The Morgan fingerprint density at radius 1 is 1.41 bits per heavy atom. The van der Waals surface area contributed by atoms with Crippen LogP contribution >= 0.6 is 0 Å². The van der Waals surface area contributed by atoms with Crippen LogP contribution in [-0.4, -0.2) is 78.2 Å². The van der Waals surface area contributed by atoms with Gasteiger partial charge < -0.3 is 19.9 Å². The molecule has 29 heavy (non-hydrogen) atoms. The van der Waals surface area contributed by atoms with E-state index in [0.717, 1.165) is 31.3 Å². The second-order valence-corrected chi connectivity index (χ2v) is 6.79. The summed E-state index contributed by atoms with van der Waals surface area (Å²) in [5.41, 5.74) is 0. The van der Waals surface area contributed by atoms with E-state index in [1.165, 1.54) is 25.7 Å². The molecule has 1 atom stereocenters. The number of hydrogen-bond donors (Lipinski definition) is 2. The number of nitrogens with zero attached hydrogens (tertiary/aromatic N) is 3. The smallest absolute Gasteiger partial charge is 0.475 e. The maximum atomic E-state index is 10.6. The minimum absolute atomic E-state index is 0.182. The van der Waals surface area contributed by atoms with Crippen molar-refractivity contribution < 1.29 is 32.5 Å². The van der Waals surface area contributed by atoms with Crippen LogP contribution in [0, 0.1) is 0 Å². The van der Waals surface area contributed by atoms with Crippen molar-refractivity contribution in [3.05, 3.63) is 18.1 Å². The summed E-state index contributed by atoms with van der Waals surface area (Å²) < 4.78 is 42.5. The van der Waals surface area contributed by atoms with Crippen LogP contribution in [-0.2, 0) is 14.3 Å². The van der Waals surface area contributed by atoms with E-state index in [1.54, 1.807) is 7.11 Å². The second kappa shape index (κ2) is 11.3. The van der Waals surface area contributed by atoms with Crippen LogP contribution < -0.4 is 5.32 Å². The van der Waals surface area contributed by atoms with Gasteiger partial charge in [-0.3, -0.25) is 4.90 Å². The van der Waals surface area contributed by atoms with E-state index in [0.29, 0.717) is 19.3 Å². The van der Waals surface area contributed by atoms with Crippen molar-refractivity contribution in [3.8, 4) is 0 Å². The number of ether oxygens (including phenoxy) is 2. The van der Waals surface area contributed by atoms with Gasteiger partial charge in [0.2, 0.25) is 0 Å². The topological polar surface area (TPSA) is 96.8 Å². The number of methoxy groups -OCH3 is 1. The number of halogens is 3. The number of carbonyl (C=O) groups is 1. The number of carboxylic acid groups (broad SMARTS) is 1. The fourth-order valence-corrected chi connectivity index (χ4v) is 3.43. The van der Waals surface area contributed by atoms with Gasteiger partial charge in [0.05, 0.1) is 25.9 Å². The van der Waals surface area contributed by atoms with Crippen molar-refractivity contribution in [3.63, 3.8) is 0 Å². The number of aromatic nitrogens is 2. The maximum absolute atomic E-state index is 10.6. The molecule has 0 aromatic carbocycles. The quantitative estimate of drug-likeness (QED) is 0.678.